The highest BCUT2D eigenvalue weighted by Gasteiger charge is 2.38. The average Bonchev–Trinajstić information content (AvgIpc) is 2.37. The van der Waals surface area contributed by atoms with Crippen molar-refractivity contribution in [1.29, 1.82) is 0 Å². The number of hydrogen-bond donors (Lipinski definition) is 1. The topological polar surface area (TPSA) is 37.4 Å². The number of likely N-dealkylation sites (tertiary alicyclic amines) is 1. The first kappa shape index (κ1) is 13.6. The molecule has 16 heavy (non-hydrogen) atoms. The Morgan fingerprint density at radius 2 is 2.00 bits per heavy atom. The SMILES string of the molecule is CC1CC(=O)N(CC(CS)C(C)(C)C)C1=O. The van der Waals surface area contributed by atoms with Gasteiger partial charge in [-0.2, -0.15) is 12.6 Å². The van der Waals surface area contributed by atoms with Crippen molar-refractivity contribution < 1.29 is 9.59 Å². The largest absolute Gasteiger partial charge is 0.282 e. The molecule has 2 atom stereocenters. The van der Waals surface area contributed by atoms with Crippen molar-refractivity contribution in [3.63, 3.8) is 0 Å². The van der Waals surface area contributed by atoms with E-state index in [1.165, 1.54) is 4.90 Å². The van der Waals surface area contributed by atoms with E-state index in [-0.39, 0.29) is 29.1 Å². The smallest absolute Gasteiger partial charge is 0.232 e. The van der Waals surface area contributed by atoms with Gasteiger partial charge in [-0.25, -0.2) is 0 Å². The molecule has 0 N–H and O–H groups in total. The van der Waals surface area contributed by atoms with Gasteiger partial charge in [-0.3, -0.25) is 14.5 Å². The molecule has 0 radical (unpaired) electrons. The predicted octanol–water partition coefficient (Wildman–Crippen LogP) is 1.97. The molecule has 0 spiro atoms. The minimum absolute atomic E-state index is 0.0268. The summed E-state index contributed by atoms with van der Waals surface area (Å²) < 4.78 is 0. The molecule has 0 aromatic rings. The van der Waals surface area contributed by atoms with Gasteiger partial charge in [0.25, 0.3) is 0 Å². The normalized spacial score (nSPS) is 24.1. The summed E-state index contributed by atoms with van der Waals surface area (Å²) in [6.45, 7) is 8.66. The van der Waals surface area contributed by atoms with E-state index in [0.717, 1.165) is 0 Å². The number of nitrogens with zero attached hydrogens (tertiary/aromatic N) is 1. The Morgan fingerprint density at radius 1 is 1.44 bits per heavy atom. The first-order valence-corrected chi connectivity index (χ1v) is 6.35. The third-order valence-electron chi connectivity index (χ3n) is 3.32. The molecule has 0 aromatic carbocycles. The molecule has 1 saturated heterocycles. The highest BCUT2D eigenvalue weighted by atomic mass is 32.1. The van der Waals surface area contributed by atoms with Gasteiger partial charge >= 0.3 is 0 Å². The lowest BCUT2D eigenvalue weighted by Gasteiger charge is -2.32. The highest BCUT2D eigenvalue weighted by Crippen LogP contribution is 2.30. The van der Waals surface area contributed by atoms with E-state index in [1.807, 2.05) is 6.92 Å². The lowest BCUT2D eigenvalue weighted by atomic mass is 9.81. The van der Waals surface area contributed by atoms with Crippen molar-refractivity contribution >= 4 is 24.4 Å². The summed E-state index contributed by atoms with van der Waals surface area (Å²) >= 11 is 4.31. The van der Waals surface area contributed by atoms with E-state index >= 15 is 0 Å². The molecule has 0 saturated carbocycles. The van der Waals surface area contributed by atoms with Crippen LogP contribution in [0.1, 0.15) is 34.1 Å². The predicted molar refractivity (Wildman–Crippen MR) is 67.3 cm³/mol. The van der Waals surface area contributed by atoms with Crippen LogP contribution in [0.25, 0.3) is 0 Å². The molecular weight excluding hydrogens is 222 g/mol. The van der Waals surface area contributed by atoms with Crippen LogP contribution in [0.5, 0.6) is 0 Å². The van der Waals surface area contributed by atoms with Gasteiger partial charge in [0.05, 0.1) is 0 Å². The molecule has 0 bridgehead atoms. The summed E-state index contributed by atoms with van der Waals surface area (Å²) in [4.78, 5) is 24.8. The van der Waals surface area contributed by atoms with Crippen LogP contribution in [0.4, 0.5) is 0 Å². The summed E-state index contributed by atoms with van der Waals surface area (Å²) in [6, 6.07) is 0. The first-order chi connectivity index (χ1) is 7.27. The standard InChI is InChI=1S/C12H21NO2S/c1-8-5-10(14)13(11(8)15)6-9(7-16)12(2,3)4/h8-9,16H,5-7H2,1-4H3. The first-order valence-electron chi connectivity index (χ1n) is 5.72. The van der Waals surface area contributed by atoms with E-state index < -0.39 is 0 Å². The van der Waals surface area contributed by atoms with Gasteiger partial charge in [0, 0.05) is 18.9 Å². The van der Waals surface area contributed by atoms with Crippen LogP contribution in [0.2, 0.25) is 0 Å². The zero-order chi connectivity index (χ0) is 12.5. The molecular formula is C12H21NO2S. The minimum Gasteiger partial charge on any atom is -0.282 e. The van der Waals surface area contributed by atoms with Crippen molar-refractivity contribution in [3.8, 4) is 0 Å². The Hall–Kier alpha value is -0.510. The number of amides is 2. The number of carbonyl (C=O) groups excluding carboxylic acids is 2. The third kappa shape index (κ3) is 2.78. The molecule has 1 aliphatic rings. The van der Waals surface area contributed by atoms with Crippen molar-refractivity contribution in [1.82, 2.24) is 4.90 Å². The summed E-state index contributed by atoms with van der Waals surface area (Å²) in [5.41, 5.74) is 0.0636. The quantitative estimate of drug-likeness (QED) is 0.608. The van der Waals surface area contributed by atoms with Gasteiger partial charge in [-0.05, 0) is 17.1 Å². The number of rotatable bonds is 3. The Balaban J connectivity index is 2.73. The molecule has 1 fully saturated rings. The molecule has 1 aliphatic heterocycles. The second-order valence-corrected chi connectivity index (χ2v) is 6.06. The maximum atomic E-state index is 11.8. The lowest BCUT2D eigenvalue weighted by molar-refractivity contribution is -0.140. The number of hydrogen-bond acceptors (Lipinski definition) is 3. The number of imide groups is 1. The van der Waals surface area contributed by atoms with Crippen molar-refractivity contribution in [2.75, 3.05) is 12.3 Å². The fourth-order valence-corrected chi connectivity index (χ4v) is 2.53. The second-order valence-electron chi connectivity index (χ2n) is 5.69. The number of carbonyl (C=O) groups is 2. The Bertz CT molecular complexity index is 296. The second kappa shape index (κ2) is 4.78. The van der Waals surface area contributed by atoms with E-state index in [1.54, 1.807) is 0 Å². The van der Waals surface area contributed by atoms with Crippen LogP contribution in [0.15, 0.2) is 0 Å². The van der Waals surface area contributed by atoms with Gasteiger partial charge in [0.15, 0.2) is 0 Å². The van der Waals surface area contributed by atoms with Gasteiger partial charge < -0.3 is 0 Å². The van der Waals surface area contributed by atoms with Gasteiger partial charge in [0.1, 0.15) is 0 Å². The monoisotopic (exact) mass is 243 g/mol. The highest BCUT2D eigenvalue weighted by molar-refractivity contribution is 7.80. The maximum Gasteiger partial charge on any atom is 0.232 e. The van der Waals surface area contributed by atoms with E-state index in [0.29, 0.717) is 18.7 Å². The molecule has 4 heteroatoms. The van der Waals surface area contributed by atoms with Crippen LogP contribution in [-0.2, 0) is 9.59 Å². The summed E-state index contributed by atoms with van der Waals surface area (Å²) in [5.74, 6) is 0.728. The van der Waals surface area contributed by atoms with Crippen molar-refractivity contribution in [2.45, 2.75) is 34.1 Å². The van der Waals surface area contributed by atoms with Crippen molar-refractivity contribution in [2.24, 2.45) is 17.3 Å². The van der Waals surface area contributed by atoms with Crippen LogP contribution in [0.3, 0.4) is 0 Å². The van der Waals surface area contributed by atoms with Crippen LogP contribution in [-0.4, -0.2) is 29.0 Å². The molecule has 2 unspecified atom stereocenters. The van der Waals surface area contributed by atoms with E-state index in [2.05, 4.69) is 33.4 Å². The maximum absolute atomic E-state index is 11.8. The van der Waals surface area contributed by atoms with Crippen LogP contribution < -0.4 is 0 Å². The van der Waals surface area contributed by atoms with Crippen molar-refractivity contribution in [3.05, 3.63) is 0 Å². The number of thiol groups is 1. The molecule has 1 rings (SSSR count). The zero-order valence-corrected chi connectivity index (χ0v) is 11.4. The Morgan fingerprint density at radius 3 is 2.31 bits per heavy atom. The Kier molecular flexibility index (Phi) is 4.05. The molecule has 0 aromatic heterocycles. The summed E-state index contributed by atoms with van der Waals surface area (Å²) in [7, 11) is 0. The van der Waals surface area contributed by atoms with Gasteiger partial charge in [-0.15, -0.1) is 0 Å². The summed E-state index contributed by atoms with van der Waals surface area (Å²) in [5, 5.41) is 0. The third-order valence-corrected chi connectivity index (χ3v) is 3.76. The molecule has 1 heterocycles. The van der Waals surface area contributed by atoms with Gasteiger partial charge in [0.2, 0.25) is 11.8 Å². The molecule has 92 valence electrons. The lowest BCUT2D eigenvalue weighted by Crippen LogP contribution is -2.40. The minimum atomic E-state index is -0.145. The van der Waals surface area contributed by atoms with Crippen LogP contribution in [0, 0.1) is 17.3 Å². The molecule has 2 amide bonds. The van der Waals surface area contributed by atoms with Gasteiger partial charge in [-0.1, -0.05) is 27.7 Å². The van der Waals surface area contributed by atoms with E-state index in [9.17, 15) is 9.59 Å². The molecule has 3 nitrogen and oxygen atoms in total. The fourth-order valence-electron chi connectivity index (χ4n) is 1.87. The average molecular weight is 243 g/mol. The van der Waals surface area contributed by atoms with Crippen LogP contribution >= 0.6 is 12.6 Å². The van der Waals surface area contributed by atoms with E-state index in [4.69, 9.17) is 0 Å². The molecule has 0 aliphatic carbocycles. The Labute approximate surface area is 103 Å². The zero-order valence-electron chi connectivity index (χ0n) is 10.5. The fraction of sp³-hybridized carbons (Fsp3) is 0.833. The summed E-state index contributed by atoms with van der Waals surface area (Å²) in [6.07, 6.45) is 0.363.